The Morgan fingerprint density at radius 1 is 0.460 bits per heavy atom. The van der Waals surface area contributed by atoms with Crippen molar-refractivity contribution in [3.63, 3.8) is 0 Å². The normalized spacial score (nSPS) is 11.2. The van der Waals surface area contributed by atoms with E-state index in [0.717, 1.165) is 29.8 Å². The Hall–Kier alpha value is -5.27. The molecule has 0 radical (unpaired) electrons. The minimum absolute atomic E-state index is 0.0635. The van der Waals surface area contributed by atoms with E-state index in [1.165, 1.54) is 21.9 Å². The largest absolute Gasteiger partial charge is 0.396 e. The standard InChI is InChI=1S/C24H20B.C20H27N2O3/c1-5-13-21(14-6-1)25(22-15-7-2-8-16-22,23-17-9-3-10-18-23)24-19-11-4-12-20-24;23-15-1-10-21-11-8-19(9-12-21)3-2-18-4-6-20(7-5-18)22(13-16-24)14-17-25/h1-20H;2-9,11-12,23-25H,1,10,13-17H2/q-1;+1. The molecule has 0 unspecified atom stereocenters. The van der Waals surface area contributed by atoms with Gasteiger partial charge in [-0.1, -0.05) is 146 Å². The maximum Gasteiger partial charge on any atom is 0.169 e. The van der Waals surface area contributed by atoms with Crippen LogP contribution in [0.15, 0.2) is 170 Å². The Kier molecular flexibility index (Phi) is 13.7. The van der Waals surface area contributed by atoms with Gasteiger partial charge < -0.3 is 20.2 Å². The number of anilines is 1. The lowest BCUT2D eigenvalue weighted by Gasteiger charge is -2.44. The number of aliphatic hydroxyl groups is 3. The average Bonchev–Trinajstić information content (AvgIpc) is 3.19. The summed E-state index contributed by atoms with van der Waals surface area (Å²) >= 11 is 0. The fraction of sp³-hybridized carbons (Fsp3) is 0.159. The van der Waals surface area contributed by atoms with Gasteiger partial charge in [0.05, 0.1) is 13.2 Å². The zero-order valence-corrected chi connectivity index (χ0v) is 28.6. The molecule has 6 rings (SSSR count). The van der Waals surface area contributed by atoms with Crippen molar-refractivity contribution in [3.05, 3.63) is 181 Å². The van der Waals surface area contributed by atoms with E-state index in [2.05, 4.69) is 138 Å². The number of hydrogen-bond acceptors (Lipinski definition) is 4. The summed E-state index contributed by atoms with van der Waals surface area (Å²) in [5, 5.41) is 27.1. The molecule has 5 nitrogen and oxygen atoms in total. The molecule has 0 saturated carbocycles. The summed E-state index contributed by atoms with van der Waals surface area (Å²) in [6, 6.07) is 55.7. The highest BCUT2D eigenvalue weighted by Gasteiger charge is 2.31. The molecule has 1 heterocycles. The number of rotatable bonds is 14. The van der Waals surface area contributed by atoms with E-state index in [9.17, 15) is 0 Å². The van der Waals surface area contributed by atoms with Crippen molar-refractivity contribution in [2.75, 3.05) is 37.8 Å². The molecule has 3 N–H and O–H groups in total. The Morgan fingerprint density at radius 2 is 0.840 bits per heavy atom. The van der Waals surface area contributed by atoms with E-state index in [4.69, 9.17) is 15.3 Å². The Balaban J connectivity index is 0.000000194. The van der Waals surface area contributed by atoms with Crippen LogP contribution in [-0.4, -0.2) is 54.4 Å². The predicted molar refractivity (Wildman–Crippen MR) is 210 cm³/mol. The van der Waals surface area contributed by atoms with Gasteiger partial charge in [0.15, 0.2) is 18.9 Å². The van der Waals surface area contributed by atoms with Crippen LogP contribution >= 0.6 is 0 Å². The Morgan fingerprint density at radius 3 is 1.20 bits per heavy atom. The van der Waals surface area contributed by atoms with Crippen LogP contribution in [-0.2, 0) is 6.54 Å². The molecule has 0 fully saturated rings. The molecular weight excluding hydrogens is 615 g/mol. The lowest BCUT2D eigenvalue weighted by Crippen LogP contribution is -2.74. The Labute approximate surface area is 297 Å². The van der Waals surface area contributed by atoms with Crippen molar-refractivity contribution in [2.24, 2.45) is 0 Å². The number of aryl methyl sites for hydroxylation is 1. The number of aliphatic hydroxyl groups excluding tert-OH is 3. The molecule has 254 valence electrons. The fourth-order valence-electron chi connectivity index (χ4n) is 6.70. The molecule has 0 saturated heterocycles. The molecule has 0 spiro atoms. The van der Waals surface area contributed by atoms with Gasteiger partial charge in [0.25, 0.3) is 0 Å². The van der Waals surface area contributed by atoms with Gasteiger partial charge in [-0.25, -0.2) is 4.57 Å². The molecule has 0 amide bonds. The fourth-order valence-corrected chi connectivity index (χ4v) is 6.70. The van der Waals surface area contributed by atoms with Gasteiger partial charge in [-0.2, -0.15) is 21.9 Å². The second-order valence-electron chi connectivity index (χ2n) is 12.3. The number of aromatic nitrogens is 1. The van der Waals surface area contributed by atoms with Gasteiger partial charge in [0, 0.05) is 43.9 Å². The van der Waals surface area contributed by atoms with Crippen LogP contribution in [0.5, 0.6) is 0 Å². The maximum absolute atomic E-state index is 9.11. The molecule has 50 heavy (non-hydrogen) atoms. The minimum atomic E-state index is -1.22. The van der Waals surface area contributed by atoms with Crippen molar-refractivity contribution < 1.29 is 19.9 Å². The number of benzene rings is 5. The van der Waals surface area contributed by atoms with Gasteiger partial charge in [0.2, 0.25) is 0 Å². The van der Waals surface area contributed by atoms with E-state index >= 15 is 0 Å². The van der Waals surface area contributed by atoms with Gasteiger partial charge in [-0.15, -0.1) is 0 Å². The van der Waals surface area contributed by atoms with Crippen LogP contribution in [0.3, 0.4) is 0 Å². The summed E-state index contributed by atoms with van der Waals surface area (Å²) in [5.74, 6) is 0. The average molecular weight is 663 g/mol. The highest BCUT2D eigenvalue weighted by atomic mass is 16.3. The highest BCUT2D eigenvalue weighted by molar-refractivity contribution is 7.19. The van der Waals surface area contributed by atoms with Gasteiger partial charge in [0.1, 0.15) is 6.15 Å². The van der Waals surface area contributed by atoms with E-state index in [1.807, 2.05) is 53.7 Å². The van der Waals surface area contributed by atoms with Crippen LogP contribution in [0.1, 0.15) is 17.5 Å². The maximum atomic E-state index is 9.11. The third-order valence-corrected chi connectivity index (χ3v) is 9.16. The second kappa shape index (κ2) is 19.1. The van der Waals surface area contributed by atoms with Crippen molar-refractivity contribution in [3.8, 4) is 0 Å². The van der Waals surface area contributed by atoms with Crippen LogP contribution < -0.4 is 31.3 Å². The van der Waals surface area contributed by atoms with Gasteiger partial charge >= 0.3 is 0 Å². The van der Waals surface area contributed by atoms with Gasteiger partial charge in [-0.3, -0.25) is 0 Å². The van der Waals surface area contributed by atoms with E-state index in [0.29, 0.717) is 13.1 Å². The van der Waals surface area contributed by atoms with Crippen molar-refractivity contribution in [1.29, 1.82) is 0 Å². The molecule has 0 aliphatic rings. The van der Waals surface area contributed by atoms with E-state index in [1.54, 1.807) is 0 Å². The van der Waals surface area contributed by atoms with E-state index in [-0.39, 0.29) is 19.8 Å². The van der Waals surface area contributed by atoms with Crippen LogP contribution in [0.4, 0.5) is 5.69 Å². The molecule has 0 aliphatic carbocycles. The molecule has 1 aromatic heterocycles. The smallest absolute Gasteiger partial charge is 0.169 e. The monoisotopic (exact) mass is 662 g/mol. The summed E-state index contributed by atoms with van der Waals surface area (Å²) in [7, 11) is 0. The molecule has 0 bridgehead atoms. The van der Waals surface area contributed by atoms with Crippen LogP contribution in [0.25, 0.3) is 12.2 Å². The summed E-state index contributed by atoms with van der Waals surface area (Å²) in [4.78, 5) is 1.95. The zero-order chi connectivity index (χ0) is 34.9. The lowest BCUT2D eigenvalue weighted by atomic mass is 9.13. The first-order chi connectivity index (χ1) is 24.7. The molecule has 6 heteroatoms. The molecule has 5 aromatic carbocycles. The van der Waals surface area contributed by atoms with Crippen molar-refractivity contribution in [2.45, 2.75) is 13.0 Å². The first-order valence-corrected chi connectivity index (χ1v) is 17.4. The molecule has 0 atom stereocenters. The SMILES string of the molecule is OCCC[n+]1ccc(/C=C/c2ccc(N(CCO)CCO)cc2)cc1.c1ccc([B-](c2ccccc2)(c2ccccc2)c2ccccc2)cc1. The summed E-state index contributed by atoms with van der Waals surface area (Å²) in [5.41, 5.74) is 8.56. The van der Waals surface area contributed by atoms with Crippen molar-refractivity contribution in [1.82, 2.24) is 0 Å². The molecule has 0 aliphatic heterocycles. The van der Waals surface area contributed by atoms with E-state index < -0.39 is 6.15 Å². The zero-order valence-electron chi connectivity index (χ0n) is 28.6. The molecule has 6 aromatic rings. The first-order valence-electron chi connectivity index (χ1n) is 17.4. The third-order valence-electron chi connectivity index (χ3n) is 9.16. The summed E-state index contributed by atoms with van der Waals surface area (Å²) < 4.78 is 2.05. The first kappa shape index (κ1) is 36.0. The quantitative estimate of drug-likeness (QED) is 0.120. The van der Waals surface area contributed by atoms with Crippen LogP contribution in [0, 0.1) is 0 Å². The number of hydrogen-bond donors (Lipinski definition) is 3. The summed E-state index contributed by atoms with van der Waals surface area (Å²) in [6.07, 6.45) is 7.69. The van der Waals surface area contributed by atoms with Crippen molar-refractivity contribution >= 4 is 45.8 Å². The topological polar surface area (TPSA) is 67.8 Å². The third kappa shape index (κ3) is 9.24. The number of pyridine rings is 1. The lowest BCUT2D eigenvalue weighted by molar-refractivity contribution is -0.697. The highest BCUT2D eigenvalue weighted by Crippen LogP contribution is 2.17. The molecular formula is C44H47BN2O3. The second-order valence-corrected chi connectivity index (χ2v) is 12.3. The minimum Gasteiger partial charge on any atom is -0.396 e. The van der Waals surface area contributed by atoms with Crippen LogP contribution in [0.2, 0.25) is 0 Å². The predicted octanol–water partition coefficient (Wildman–Crippen LogP) is 4.38. The number of nitrogens with zero attached hydrogens (tertiary/aromatic N) is 2. The van der Waals surface area contributed by atoms with Gasteiger partial charge in [-0.05, 0) is 23.3 Å². The summed E-state index contributed by atoms with van der Waals surface area (Å²) in [6.45, 7) is 2.17. The Bertz CT molecular complexity index is 1670.